The average Bonchev–Trinajstić information content (AvgIpc) is 3.13. The number of carbonyl (C=O) groups is 2. The van der Waals surface area contributed by atoms with Gasteiger partial charge in [-0.15, -0.1) is 0 Å². The molecule has 1 atom stereocenters. The lowest BCUT2D eigenvalue weighted by Crippen LogP contribution is -2.51. The number of hydrogen-bond donors (Lipinski definition) is 1. The minimum Gasteiger partial charge on any atom is -0.506 e. The second kappa shape index (κ2) is 7.89. The molecule has 1 N–H and O–H groups in total. The van der Waals surface area contributed by atoms with Crippen molar-refractivity contribution in [1.29, 1.82) is 0 Å². The van der Waals surface area contributed by atoms with Gasteiger partial charge < -0.3 is 19.6 Å². The Labute approximate surface area is 151 Å². The smallest absolute Gasteiger partial charge is 0.227 e. The van der Waals surface area contributed by atoms with Crippen molar-refractivity contribution in [3.8, 4) is 5.75 Å². The van der Waals surface area contributed by atoms with Gasteiger partial charge in [0.2, 0.25) is 11.8 Å². The van der Waals surface area contributed by atoms with E-state index in [1.807, 2.05) is 12.2 Å². The number of phenolic OH excluding ortho intramolecular Hbond substituents is 1. The number of morpholine rings is 1. The fraction of sp³-hybridized carbons (Fsp3) is 0.444. The number of phenols is 1. The third kappa shape index (κ3) is 4.32. The van der Waals surface area contributed by atoms with Crippen LogP contribution in [0.15, 0.2) is 30.4 Å². The van der Waals surface area contributed by atoms with E-state index in [-0.39, 0.29) is 41.5 Å². The van der Waals surface area contributed by atoms with Gasteiger partial charge in [0.15, 0.2) is 0 Å². The molecule has 0 bridgehead atoms. The molecule has 0 aliphatic carbocycles. The number of benzene rings is 1. The van der Waals surface area contributed by atoms with Crippen LogP contribution in [-0.2, 0) is 20.7 Å². The third-order valence-electron chi connectivity index (χ3n) is 4.50. The van der Waals surface area contributed by atoms with Gasteiger partial charge in [-0.25, -0.2) is 0 Å². The van der Waals surface area contributed by atoms with Crippen LogP contribution in [0.2, 0.25) is 5.02 Å². The van der Waals surface area contributed by atoms with E-state index in [9.17, 15) is 14.7 Å². The molecule has 6 nitrogen and oxygen atoms in total. The van der Waals surface area contributed by atoms with Gasteiger partial charge >= 0.3 is 0 Å². The van der Waals surface area contributed by atoms with Crippen molar-refractivity contribution in [2.45, 2.75) is 18.9 Å². The minimum absolute atomic E-state index is 0.00747. The molecule has 2 heterocycles. The van der Waals surface area contributed by atoms with Crippen molar-refractivity contribution in [2.24, 2.45) is 0 Å². The summed E-state index contributed by atoms with van der Waals surface area (Å²) in [6, 6.07) is 4.49. The summed E-state index contributed by atoms with van der Waals surface area (Å²) in [5.41, 5.74) is 0.730. The highest BCUT2D eigenvalue weighted by molar-refractivity contribution is 6.32. The second-order valence-electron chi connectivity index (χ2n) is 6.25. The Morgan fingerprint density at radius 3 is 2.72 bits per heavy atom. The molecule has 134 valence electrons. The Hall–Kier alpha value is -2.05. The first-order valence-electron chi connectivity index (χ1n) is 8.32. The van der Waals surface area contributed by atoms with Crippen LogP contribution >= 0.6 is 11.6 Å². The Balaban J connectivity index is 1.63. The number of halogens is 1. The monoisotopic (exact) mass is 364 g/mol. The highest BCUT2D eigenvalue weighted by atomic mass is 35.5. The van der Waals surface area contributed by atoms with Crippen molar-refractivity contribution in [2.75, 3.05) is 32.8 Å². The lowest BCUT2D eigenvalue weighted by molar-refractivity contribution is -0.142. The molecule has 0 radical (unpaired) electrons. The molecule has 2 aliphatic heterocycles. The van der Waals surface area contributed by atoms with E-state index in [0.29, 0.717) is 32.8 Å². The van der Waals surface area contributed by atoms with Gasteiger partial charge in [-0.3, -0.25) is 9.59 Å². The average molecular weight is 365 g/mol. The molecular weight excluding hydrogens is 344 g/mol. The van der Waals surface area contributed by atoms with E-state index in [0.717, 1.165) is 5.56 Å². The van der Waals surface area contributed by atoms with E-state index < -0.39 is 0 Å². The van der Waals surface area contributed by atoms with Gasteiger partial charge in [0.1, 0.15) is 5.75 Å². The molecule has 0 unspecified atom stereocenters. The van der Waals surface area contributed by atoms with Crippen LogP contribution in [0.5, 0.6) is 5.75 Å². The number of hydrogen-bond acceptors (Lipinski definition) is 4. The second-order valence-corrected chi connectivity index (χ2v) is 6.66. The van der Waals surface area contributed by atoms with E-state index in [4.69, 9.17) is 16.3 Å². The van der Waals surface area contributed by atoms with Crippen LogP contribution in [-0.4, -0.2) is 65.6 Å². The molecule has 7 heteroatoms. The summed E-state index contributed by atoms with van der Waals surface area (Å²) in [5.74, 6) is -0.0414. The summed E-state index contributed by atoms with van der Waals surface area (Å²) in [6.07, 6.45) is 4.37. The van der Waals surface area contributed by atoms with Gasteiger partial charge in [0.25, 0.3) is 0 Å². The summed E-state index contributed by atoms with van der Waals surface area (Å²) in [7, 11) is 0. The van der Waals surface area contributed by atoms with Gasteiger partial charge in [-0.05, 0) is 17.7 Å². The third-order valence-corrected chi connectivity index (χ3v) is 4.80. The number of nitrogens with zero attached hydrogens (tertiary/aromatic N) is 2. The molecule has 3 rings (SSSR count). The highest BCUT2D eigenvalue weighted by Gasteiger charge is 2.30. The molecule has 1 aromatic carbocycles. The first kappa shape index (κ1) is 17.8. The van der Waals surface area contributed by atoms with E-state index in [1.165, 1.54) is 6.07 Å². The first-order valence-corrected chi connectivity index (χ1v) is 8.70. The van der Waals surface area contributed by atoms with E-state index in [1.54, 1.807) is 21.9 Å². The van der Waals surface area contributed by atoms with Crippen molar-refractivity contribution in [3.05, 3.63) is 40.9 Å². The van der Waals surface area contributed by atoms with Gasteiger partial charge in [-0.2, -0.15) is 0 Å². The normalized spacial score (nSPS) is 20.1. The maximum atomic E-state index is 12.7. The van der Waals surface area contributed by atoms with Crippen LogP contribution in [0, 0.1) is 0 Å². The van der Waals surface area contributed by atoms with Crippen molar-refractivity contribution < 1.29 is 19.4 Å². The molecule has 2 amide bonds. The van der Waals surface area contributed by atoms with Gasteiger partial charge in [0.05, 0.1) is 30.7 Å². The van der Waals surface area contributed by atoms with Crippen molar-refractivity contribution in [3.63, 3.8) is 0 Å². The molecular formula is C18H21ClN2O4. The summed E-state index contributed by atoms with van der Waals surface area (Å²) < 4.78 is 5.48. The molecule has 2 aliphatic rings. The van der Waals surface area contributed by atoms with Gasteiger partial charge in [-0.1, -0.05) is 29.8 Å². The van der Waals surface area contributed by atoms with Crippen LogP contribution in [0.25, 0.3) is 0 Å². The van der Waals surface area contributed by atoms with E-state index >= 15 is 0 Å². The van der Waals surface area contributed by atoms with Crippen LogP contribution in [0.1, 0.15) is 12.0 Å². The Bertz CT molecular complexity index is 684. The molecule has 25 heavy (non-hydrogen) atoms. The zero-order chi connectivity index (χ0) is 17.8. The Kier molecular flexibility index (Phi) is 5.60. The van der Waals surface area contributed by atoms with Crippen molar-refractivity contribution in [1.82, 2.24) is 9.80 Å². The predicted octanol–water partition coefficient (Wildman–Crippen LogP) is 1.60. The number of ether oxygens (including phenoxy) is 1. The lowest BCUT2D eigenvalue weighted by atomic mass is 10.1. The molecule has 0 spiro atoms. The van der Waals surface area contributed by atoms with E-state index in [2.05, 4.69) is 0 Å². The predicted molar refractivity (Wildman–Crippen MR) is 93.5 cm³/mol. The maximum Gasteiger partial charge on any atom is 0.227 e. The molecule has 0 aromatic heterocycles. The van der Waals surface area contributed by atoms with Crippen LogP contribution in [0.3, 0.4) is 0 Å². The fourth-order valence-corrected chi connectivity index (χ4v) is 3.30. The number of amides is 2. The molecule has 1 aromatic rings. The summed E-state index contributed by atoms with van der Waals surface area (Å²) in [6.45, 7) is 2.58. The van der Waals surface area contributed by atoms with Gasteiger partial charge in [0, 0.05) is 26.1 Å². The first-order chi connectivity index (χ1) is 12.0. The standard InChI is InChI=1S/C18H21ClN2O4/c19-15-9-13(3-4-16(15)22)10-18(24)21-7-8-25-12-14(21)11-17(23)20-5-1-2-6-20/h1-4,9,14,22H,5-8,10-12H2/t14-/m1/s1. The van der Waals surface area contributed by atoms with Crippen LogP contribution in [0.4, 0.5) is 0 Å². The van der Waals surface area contributed by atoms with Crippen LogP contribution < -0.4 is 0 Å². The minimum atomic E-state index is -0.248. The van der Waals surface area contributed by atoms with Crippen molar-refractivity contribution >= 4 is 23.4 Å². The molecule has 1 fully saturated rings. The number of carbonyl (C=O) groups excluding carboxylic acids is 2. The SMILES string of the molecule is O=C(C[C@@H]1COCCN1C(=O)Cc1ccc(O)c(Cl)c1)N1CC=CC1. The number of aromatic hydroxyl groups is 1. The fourth-order valence-electron chi connectivity index (χ4n) is 3.10. The summed E-state index contributed by atoms with van der Waals surface area (Å²) in [5, 5.41) is 9.70. The highest BCUT2D eigenvalue weighted by Crippen LogP contribution is 2.24. The maximum absolute atomic E-state index is 12.7. The Morgan fingerprint density at radius 1 is 1.24 bits per heavy atom. The summed E-state index contributed by atoms with van der Waals surface area (Å²) in [4.78, 5) is 28.6. The zero-order valence-electron chi connectivity index (χ0n) is 13.9. The topological polar surface area (TPSA) is 70.1 Å². The lowest BCUT2D eigenvalue weighted by Gasteiger charge is -2.36. The summed E-state index contributed by atoms with van der Waals surface area (Å²) >= 11 is 5.90. The number of rotatable bonds is 4. The quantitative estimate of drug-likeness (QED) is 0.824. The Morgan fingerprint density at radius 2 is 2.00 bits per heavy atom. The molecule has 1 saturated heterocycles. The largest absolute Gasteiger partial charge is 0.506 e. The zero-order valence-corrected chi connectivity index (χ0v) is 14.6. The molecule has 0 saturated carbocycles.